The number of unbranched alkanes of at least 4 members (excludes halogenated alkanes) is 9. The van der Waals surface area contributed by atoms with Gasteiger partial charge in [0.1, 0.15) is 38.8 Å². The Morgan fingerprint density at radius 2 is 1.12 bits per heavy atom. The van der Waals surface area contributed by atoms with E-state index in [2.05, 4.69) is 20.1 Å². The zero-order valence-electron chi connectivity index (χ0n) is 29.1. The monoisotopic (exact) mass is 691 g/mol. The number of hydrogen-bond donors (Lipinski definition) is 0. The average Bonchev–Trinajstić information content (AvgIpc) is 2.99. The van der Waals surface area contributed by atoms with Crippen LogP contribution in [0.15, 0.2) is 24.5 Å². The second-order valence-corrected chi connectivity index (χ2v) is 12.6. The van der Waals surface area contributed by atoms with Gasteiger partial charge in [-0.05, 0) is 47.0 Å². The molecule has 1 atom stereocenters. The Morgan fingerprint density at radius 1 is 0.604 bits per heavy atom. The molecule has 1 unspecified atom stereocenters. The number of carbonyl (C=O) groups is 3. The van der Waals surface area contributed by atoms with Crippen LogP contribution in [0, 0.1) is 10.8 Å². The van der Waals surface area contributed by atoms with Crippen LogP contribution in [0.4, 0.5) is 0 Å². The van der Waals surface area contributed by atoms with Crippen molar-refractivity contribution < 1.29 is 48.1 Å². The number of rotatable bonds is 30. The minimum atomic E-state index is -0.909. The second-order valence-electron chi connectivity index (χ2n) is 12.6. The van der Waals surface area contributed by atoms with Gasteiger partial charge in [0.25, 0.3) is 0 Å². The minimum Gasteiger partial charge on any atom is -0.465 e. The Morgan fingerprint density at radius 3 is 1.69 bits per heavy atom. The molecule has 0 rings (SSSR count). The molecule has 0 aromatic rings. The van der Waals surface area contributed by atoms with Gasteiger partial charge in [0.15, 0.2) is 0 Å². The molecule has 48 heavy (non-hydrogen) atoms. The van der Waals surface area contributed by atoms with E-state index in [1.54, 1.807) is 20.8 Å². The fourth-order valence-electron chi connectivity index (χ4n) is 4.55. The lowest BCUT2D eigenvalue weighted by molar-refractivity contribution is -0.291. The van der Waals surface area contributed by atoms with E-state index in [0.29, 0.717) is 19.4 Å². The van der Waals surface area contributed by atoms with E-state index in [1.807, 2.05) is 13.8 Å². The number of esters is 3. The van der Waals surface area contributed by atoms with Crippen LogP contribution in [-0.2, 0) is 48.1 Å². The van der Waals surface area contributed by atoms with Gasteiger partial charge in [0.2, 0.25) is 0 Å². The van der Waals surface area contributed by atoms with Crippen LogP contribution in [0.25, 0.3) is 0 Å². The summed E-state index contributed by atoms with van der Waals surface area (Å²) in [5.74, 6) is -0.929. The van der Waals surface area contributed by atoms with Crippen molar-refractivity contribution in [3.8, 4) is 0 Å². The molecule has 0 aromatic heterocycles. The maximum atomic E-state index is 13.0. The number of carbonyl (C=O) groups excluding carboxylic acids is 3. The largest absolute Gasteiger partial charge is 0.465 e. The fourth-order valence-corrected chi connectivity index (χ4v) is 4.55. The fraction of sp³-hybridized carbons (Fsp3) is 0.816. The Bertz CT molecular complexity index is 854. The van der Waals surface area contributed by atoms with Crippen LogP contribution in [0.3, 0.4) is 0 Å². The Hall–Kier alpha value is -2.43. The number of ether oxygens (including phenoxy) is 3. The molecule has 0 aromatic carbocycles. The van der Waals surface area contributed by atoms with Crippen LogP contribution in [0.2, 0.25) is 0 Å². The summed E-state index contributed by atoms with van der Waals surface area (Å²) in [5.41, 5.74) is -0.892. The first-order valence-electron chi connectivity index (χ1n) is 16.7. The molecule has 0 aliphatic rings. The van der Waals surface area contributed by atoms with Gasteiger partial charge in [0, 0.05) is 6.42 Å². The highest BCUT2D eigenvalue weighted by molar-refractivity contribution is 5.80. The quantitative estimate of drug-likeness (QED) is 0.0137. The van der Waals surface area contributed by atoms with E-state index >= 15 is 0 Å². The highest BCUT2D eigenvalue weighted by atomic mass is 17.2. The van der Waals surface area contributed by atoms with Crippen LogP contribution in [0.1, 0.15) is 154 Å². The maximum Gasteiger partial charge on any atom is 0.311 e. The third-order valence-corrected chi connectivity index (χ3v) is 7.39. The molecule has 0 aliphatic carbocycles. The van der Waals surface area contributed by atoms with Crippen molar-refractivity contribution in [1.29, 1.82) is 0 Å². The predicted molar refractivity (Wildman–Crippen MR) is 194 cm³/mol. The third kappa shape index (κ3) is 27.5. The van der Waals surface area contributed by atoms with E-state index in [9.17, 15) is 14.4 Å². The molecule has 10 nitrogen and oxygen atoms in total. The molecule has 0 aliphatic heterocycles. The van der Waals surface area contributed by atoms with E-state index in [-0.39, 0.29) is 79.9 Å². The molecule has 0 fully saturated rings. The van der Waals surface area contributed by atoms with Gasteiger partial charge in [-0.2, -0.15) is 4.89 Å². The summed E-state index contributed by atoms with van der Waals surface area (Å²) in [6.07, 6.45) is 13.3. The van der Waals surface area contributed by atoms with E-state index in [1.165, 1.54) is 44.9 Å². The smallest absolute Gasteiger partial charge is 0.311 e. The Labute approximate surface area is 294 Å². The molecule has 0 heterocycles. The maximum absolute atomic E-state index is 13.0. The third-order valence-electron chi connectivity index (χ3n) is 7.39. The van der Waals surface area contributed by atoms with Crippen molar-refractivity contribution in [2.24, 2.45) is 10.8 Å². The molecule has 0 spiro atoms. The summed E-state index contributed by atoms with van der Waals surface area (Å²) in [5, 5.41) is 0. The summed E-state index contributed by atoms with van der Waals surface area (Å²) < 4.78 is 16.0. The first-order valence-corrected chi connectivity index (χ1v) is 16.7. The highest BCUT2D eigenvalue weighted by Crippen LogP contribution is 2.38. The highest BCUT2D eigenvalue weighted by Gasteiger charge is 2.42. The Balaban J connectivity index is -0.00000323. The molecule has 0 saturated heterocycles. The summed E-state index contributed by atoms with van der Waals surface area (Å²) in [6, 6.07) is 0. The zero-order chi connectivity index (χ0) is 34.0. The van der Waals surface area contributed by atoms with Gasteiger partial charge in [-0.3, -0.25) is 14.4 Å². The van der Waals surface area contributed by atoms with Crippen molar-refractivity contribution in [1.82, 2.24) is 0 Å². The van der Waals surface area contributed by atoms with E-state index in [0.717, 1.165) is 24.8 Å². The van der Waals surface area contributed by atoms with Gasteiger partial charge >= 0.3 is 17.9 Å². The number of hydrogen-bond acceptors (Lipinski definition) is 10. The standard InChI is InChI=1S/C35H62O10.3CH4/c1-9-11-12-13-14-15-16-17-18-19-22-40-33(38)35(8,10-2)28-34(6,7)32(37)41-24-26-43-45-30(5)20-21-31(36)39-23-25-42-44-27-29(3)4;;;/h3,5,9-28H2,1-2,4,6-8H3;3*1H4. The van der Waals surface area contributed by atoms with Crippen molar-refractivity contribution in [3.63, 3.8) is 0 Å². The molecule has 0 N–H and O–H groups in total. The van der Waals surface area contributed by atoms with Crippen molar-refractivity contribution in [2.75, 3.05) is 39.6 Å². The molecule has 286 valence electrons. The van der Waals surface area contributed by atoms with Crippen LogP contribution < -0.4 is 0 Å². The molecular formula is C38H74O10. The van der Waals surface area contributed by atoms with E-state index in [4.69, 9.17) is 33.8 Å². The summed E-state index contributed by atoms with van der Waals surface area (Å²) in [6.45, 7) is 19.5. The SMILES string of the molecule is C.C.C.C=C(C)COOCCOC(=O)CCC(=C)OOCCOC(=O)C(C)(C)CC(C)(CC)C(=O)OCCCCCCCCCCCC. The molecule has 0 bridgehead atoms. The lowest BCUT2D eigenvalue weighted by Gasteiger charge is -2.33. The lowest BCUT2D eigenvalue weighted by atomic mass is 9.72. The van der Waals surface area contributed by atoms with Crippen LogP contribution >= 0.6 is 0 Å². The van der Waals surface area contributed by atoms with Crippen molar-refractivity contribution >= 4 is 17.9 Å². The van der Waals surface area contributed by atoms with Crippen molar-refractivity contribution in [2.45, 2.75) is 154 Å². The topological polar surface area (TPSA) is 116 Å². The summed E-state index contributed by atoms with van der Waals surface area (Å²) in [7, 11) is 0. The predicted octanol–water partition coefficient (Wildman–Crippen LogP) is 10.0. The summed E-state index contributed by atoms with van der Waals surface area (Å²) in [4.78, 5) is 57.4. The second kappa shape index (κ2) is 31.8. The van der Waals surface area contributed by atoms with Crippen molar-refractivity contribution in [3.05, 3.63) is 24.5 Å². The first-order chi connectivity index (χ1) is 21.4. The van der Waals surface area contributed by atoms with E-state index < -0.39 is 22.8 Å². The van der Waals surface area contributed by atoms with Gasteiger partial charge in [-0.1, -0.05) is 113 Å². The first kappa shape index (κ1) is 52.4. The van der Waals surface area contributed by atoms with Crippen LogP contribution in [-0.4, -0.2) is 57.5 Å². The molecule has 0 saturated carbocycles. The van der Waals surface area contributed by atoms with Gasteiger partial charge in [-0.15, -0.1) is 0 Å². The minimum absolute atomic E-state index is 0. The van der Waals surface area contributed by atoms with Gasteiger partial charge < -0.3 is 19.1 Å². The Kier molecular flexibility index (Phi) is 34.7. The lowest BCUT2D eigenvalue weighted by Crippen LogP contribution is -2.39. The normalized spacial score (nSPS) is 11.9. The number of allylic oxidation sites excluding steroid dienone is 1. The average molecular weight is 691 g/mol. The molecule has 0 amide bonds. The van der Waals surface area contributed by atoms with Gasteiger partial charge in [0.05, 0.1) is 23.9 Å². The molecule has 0 radical (unpaired) electrons. The summed E-state index contributed by atoms with van der Waals surface area (Å²) >= 11 is 0. The zero-order valence-corrected chi connectivity index (χ0v) is 29.1. The molecule has 10 heteroatoms. The van der Waals surface area contributed by atoms with Crippen LogP contribution in [0.5, 0.6) is 0 Å². The molecular weight excluding hydrogens is 616 g/mol. The van der Waals surface area contributed by atoms with Gasteiger partial charge in [-0.25, -0.2) is 9.78 Å².